The highest BCUT2D eigenvalue weighted by Crippen LogP contribution is 2.19. The van der Waals surface area contributed by atoms with Gasteiger partial charge in [-0.2, -0.15) is 0 Å². The largest absolute Gasteiger partial charge is 0.331 e. The Labute approximate surface area is 147 Å². The Kier molecular flexibility index (Phi) is 6.31. The van der Waals surface area contributed by atoms with Crippen LogP contribution in [0.5, 0.6) is 0 Å². The predicted molar refractivity (Wildman–Crippen MR) is 95.9 cm³/mol. The Morgan fingerprint density at radius 2 is 1.83 bits per heavy atom. The third-order valence-electron chi connectivity index (χ3n) is 3.63. The summed E-state index contributed by atoms with van der Waals surface area (Å²) < 4.78 is 0. The van der Waals surface area contributed by atoms with E-state index in [0.717, 1.165) is 17.5 Å². The van der Waals surface area contributed by atoms with Gasteiger partial charge in [-0.1, -0.05) is 54.4 Å². The van der Waals surface area contributed by atoms with Crippen molar-refractivity contribution < 1.29 is 4.79 Å². The van der Waals surface area contributed by atoms with Gasteiger partial charge >= 0.3 is 6.03 Å². The second-order valence-electron chi connectivity index (χ2n) is 5.45. The molecule has 0 saturated heterocycles. The lowest BCUT2D eigenvalue weighted by Gasteiger charge is -2.23. The lowest BCUT2D eigenvalue weighted by molar-refractivity contribution is 0.202. The number of halogens is 2. The molecule has 2 rings (SSSR count). The quantitative estimate of drug-likeness (QED) is 0.780. The first-order valence-corrected chi connectivity index (χ1v) is 8.26. The van der Waals surface area contributed by atoms with E-state index in [9.17, 15) is 4.79 Å². The average molecular weight is 351 g/mol. The first-order valence-electron chi connectivity index (χ1n) is 7.51. The van der Waals surface area contributed by atoms with E-state index in [1.807, 2.05) is 55.5 Å². The van der Waals surface area contributed by atoms with Crippen LogP contribution >= 0.6 is 23.2 Å². The van der Waals surface area contributed by atoms with Gasteiger partial charge in [0.05, 0.1) is 6.04 Å². The Bertz CT molecular complexity index is 658. The van der Waals surface area contributed by atoms with Gasteiger partial charge in [-0.15, -0.1) is 0 Å². The molecule has 0 saturated carbocycles. The van der Waals surface area contributed by atoms with Crippen molar-refractivity contribution in [2.75, 3.05) is 7.05 Å². The molecular formula is C18H20Cl2N2O. The summed E-state index contributed by atoms with van der Waals surface area (Å²) in [5.41, 5.74) is 2.04. The number of urea groups is 1. The number of hydrogen-bond acceptors (Lipinski definition) is 1. The summed E-state index contributed by atoms with van der Waals surface area (Å²) in [5.74, 6) is 0. The lowest BCUT2D eigenvalue weighted by atomic mass is 10.1. The zero-order chi connectivity index (χ0) is 16.8. The van der Waals surface area contributed by atoms with Crippen LogP contribution in [0.2, 0.25) is 10.0 Å². The SMILES string of the molecule is CCC(NC(=O)N(C)Cc1cccc(Cl)c1)c1ccc(Cl)cc1. The van der Waals surface area contributed by atoms with E-state index < -0.39 is 0 Å². The fraction of sp³-hybridized carbons (Fsp3) is 0.278. The van der Waals surface area contributed by atoms with Gasteiger partial charge in [0, 0.05) is 23.6 Å². The molecule has 0 fully saturated rings. The van der Waals surface area contributed by atoms with Crippen molar-refractivity contribution in [1.82, 2.24) is 10.2 Å². The van der Waals surface area contributed by atoms with Gasteiger partial charge in [0.15, 0.2) is 0 Å². The summed E-state index contributed by atoms with van der Waals surface area (Å²) in [6.45, 7) is 2.54. The third kappa shape index (κ3) is 5.15. The minimum atomic E-state index is -0.119. The molecule has 0 radical (unpaired) electrons. The Hall–Kier alpha value is -1.71. The first-order chi connectivity index (χ1) is 11.0. The van der Waals surface area contributed by atoms with Crippen LogP contribution in [-0.4, -0.2) is 18.0 Å². The summed E-state index contributed by atoms with van der Waals surface area (Å²) in [5, 5.41) is 4.41. The molecule has 2 aromatic rings. The highest BCUT2D eigenvalue weighted by Gasteiger charge is 2.16. The normalized spacial score (nSPS) is 11.8. The maximum absolute atomic E-state index is 12.4. The molecular weight excluding hydrogens is 331 g/mol. The van der Waals surface area contributed by atoms with Gasteiger partial charge in [0.25, 0.3) is 0 Å². The second-order valence-corrected chi connectivity index (χ2v) is 6.32. The second kappa shape index (κ2) is 8.23. The van der Waals surface area contributed by atoms with Crippen LogP contribution < -0.4 is 5.32 Å². The molecule has 0 spiro atoms. The first kappa shape index (κ1) is 17.6. The summed E-state index contributed by atoms with van der Waals surface area (Å²) in [4.78, 5) is 14.0. The van der Waals surface area contributed by atoms with Crippen LogP contribution in [0, 0.1) is 0 Å². The van der Waals surface area contributed by atoms with E-state index >= 15 is 0 Å². The van der Waals surface area contributed by atoms with Crippen LogP contribution in [0.15, 0.2) is 48.5 Å². The minimum absolute atomic E-state index is 0.0402. The molecule has 2 amide bonds. The summed E-state index contributed by atoms with van der Waals surface area (Å²) in [6, 6.07) is 14.9. The van der Waals surface area contributed by atoms with E-state index in [2.05, 4.69) is 5.32 Å². The van der Waals surface area contributed by atoms with Crippen LogP contribution in [-0.2, 0) is 6.54 Å². The predicted octanol–water partition coefficient (Wildman–Crippen LogP) is 5.29. The number of rotatable bonds is 5. The Morgan fingerprint density at radius 1 is 1.13 bits per heavy atom. The molecule has 0 aliphatic carbocycles. The van der Waals surface area contributed by atoms with Crippen molar-refractivity contribution in [3.8, 4) is 0 Å². The van der Waals surface area contributed by atoms with Crippen molar-refractivity contribution in [2.24, 2.45) is 0 Å². The molecule has 0 bridgehead atoms. The van der Waals surface area contributed by atoms with Crippen LogP contribution in [0.3, 0.4) is 0 Å². The van der Waals surface area contributed by atoms with Gasteiger partial charge in [-0.05, 0) is 41.8 Å². The summed E-state index contributed by atoms with van der Waals surface area (Å²) in [7, 11) is 1.77. The third-order valence-corrected chi connectivity index (χ3v) is 4.12. The van der Waals surface area contributed by atoms with Crippen molar-refractivity contribution in [3.63, 3.8) is 0 Å². The molecule has 1 N–H and O–H groups in total. The smallest absolute Gasteiger partial charge is 0.317 e. The summed E-state index contributed by atoms with van der Waals surface area (Å²) in [6.07, 6.45) is 0.804. The number of carbonyl (C=O) groups is 1. The van der Waals surface area contributed by atoms with E-state index in [-0.39, 0.29) is 12.1 Å². The van der Waals surface area contributed by atoms with Crippen LogP contribution in [0.1, 0.15) is 30.5 Å². The molecule has 5 heteroatoms. The van der Waals surface area contributed by atoms with Crippen LogP contribution in [0.4, 0.5) is 4.79 Å². The fourth-order valence-electron chi connectivity index (χ4n) is 2.36. The van der Waals surface area contributed by atoms with Gasteiger partial charge in [0.2, 0.25) is 0 Å². The van der Waals surface area contributed by atoms with Crippen molar-refractivity contribution in [1.29, 1.82) is 0 Å². The highest BCUT2D eigenvalue weighted by atomic mass is 35.5. The topological polar surface area (TPSA) is 32.3 Å². The number of carbonyl (C=O) groups excluding carboxylic acids is 1. The minimum Gasteiger partial charge on any atom is -0.331 e. The molecule has 122 valence electrons. The standard InChI is InChI=1S/C18H20Cl2N2O/c1-3-17(14-7-9-15(19)10-8-14)21-18(23)22(2)12-13-5-4-6-16(20)11-13/h4-11,17H,3,12H2,1-2H3,(H,21,23). The maximum atomic E-state index is 12.4. The molecule has 0 aliphatic heterocycles. The van der Waals surface area contributed by atoms with Crippen molar-refractivity contribution in [2.45, 2.75) is 25.9 Å². The molecule has 1 unspecified atom stereocenters. The maximum Gasteiger partial charge on any atom is 0.317 e. The number of benzene rings is 2. The molecule has 23 heavy (non-hydrogen) atoms. The Balaban J connectivity index is 1.99. The molecule has 0 aromatic heterocycles. The monoisotopic (exact) mass is 350 g/mol. The van der Waals surface area contributed by atoms with Crippen molar-refractivity contribution in [3.05, 3.63) is 69.7 Å². The zero-order valence-corrected chi connectivity index (χ0v) is 14.7. The van der Waals surface area contributed by atoms with Gasteiger partial charge in [0.1, 0.15) is 0 Å². The summed E-state index contributed by atoms with van der Waals surface area (Å²) >= 11 is 11.9. The van der Waals surface area contributed by atoms with Gasteiger partial charge < -0.3 is 10.2 Å². The molecule has 3 nitrogen and oxygen atoms in total. The number of amides is 2. The van der Waals surface area contributed by atoms with Crippen LogP contribution in [0.25, 0.3) is 0 Å². The molecule has 1 atom stereocenters. The molecule has 0 aliphatic rings. The molecule has 2 aromatic carbocycles. The van der Waals surface area contributed by atoms with Gasteiger partial charge in [-0.3, -0.25) is 0 Å². The van der Waals surface area contributed by atoms with E-state index in [0.29, 0.717) is 16.6 Å². The number of hydrogen-bond donors (Lipinski definition) is 1. The average Bonchev–Trinajstić information content (AvgIpc) is 2.53. The van der Waals surface area contributed by atoms with E-state index in [1.165, 1.54) is 0 Å². The fourth-order valence-corrected chi connectivity index (χ4v) is 2.70. The van der Waals surface area contributed by atoms with E-state index in [4.69, 9.17) is 23.2 Å². The molecule has 0 heterocycles. The van der Waals surface area contributed by atoms with Crippen molar-refractivity contribution >= 4 is 29.2 Å². The number of nitrogens with one attached hydrogen (secondary N) is 1. The lowest BCUT2D eigenvalue weighted by Crippen LogP contribution is -2.38. The number of nitrogens with zero attached hydrogens (tertiary/aromatic N) is 1. The van der Waals surface area contributed by atoms with Gasteiger partial charge in [-0.25, -0.2) is 4.79 Å². The Morgan fingerprint density at radius 3 is 2.43 bits per heavy atom. The van der Waals surface area contributed by atoms with E-state index in [1.54, 1.807) is 11.9 Å². The highest BCUT2D eigenvalue weighted by molar-refractivity contribution is 6.30. The zero-order valence-electron chi connectivity index (χ0n) is 13.2.